The van der Waals surface area contributed by atoms with E-state index in [9.17, 15) is 14.4 Å². The number of Topliss-reactive ketones (excluding diaryl/α,β-unsaturated/α-hetero) is 1. The number of ketones is 1. The van der Waals surface area contributed by atoms with Gasteiger partial charge in [0, 0.05) is 62.9 Å². The monoisotopic (exact) mass is 412 g/mol. The van der Waals surface area contributed by atoms with E-state index in [2.05, 4.69) is 49.0 Å². The van der Waals surface area contributed by atoms with Crippen LogP contribution in [0, 0.1) is 11.8 Å². The fourth-order valence-electron chi connectivity index (χ4n) is 2.87. The van der Waals surface area contributed by atoms with Crippen LogP contribution < -0.4 is 21.3 Å². The van der Waals surface area contributed by atoms with E-state index in [0.29, 0.717) is 63.8 Å². The molecule has 0 radical (unpaired) electrons. The molecule has 0 heterocycles. The Morgan fingerprint density at radius 1 is 0.690 bits per heavy atom. The van der Waals surface area contributed by atoms with Crippen LogP contribution in [0.4, 0.5) is 0 Å². The van der Waals surface area contributed by atoms with Gasteiger partial charge in [-0.3, -0.25) is 14.4 Å². The summed E-state index contributed by atoms with van der Waals surface area (Å²) in [5, 5.41) is 12.4. The zero-order valence-corrected chi connectivity index (χ0v) is 19.4. The molecule has 0 rings (SSSR count). The Kier molecular flexibility index (Phi) is 15.5. The molecule has 1 atom stereocenters. The Hall–Kier alpha value is -1.47. The largest absolute Gasteiger partial charge is 0.355 e. The van der Waals surface area contributed by atoms with E-state index in [1.54, 1.807) is 0 Å². The van der Waals surface area contributed by atoms with Crippen LogP contribution in [0.5, 0.6) is 0 Å². The molecule has 1 unspecified atom stereocenters. The number of amides is 2. The molecule has 7 heteroatoms. The molecule has 0 bridgehead atoms. The first-order chi connectivity index (χ1) is 13.6. The van der Waals surface area contributed by atoms with Crippen molar-refractivity contribution < 1.29 is 14.4 Å². The van der Waals surface area contributed by atoms with Crippen LogP contribution in [0.2, 0.25) is 0 Å². The quantitative estimate of drug-likeness (QED) is 0.274. The van der Waals surface area contributed by atoms with Gasteiger partial charge in [-0.25, -0.2) is 0 Å². The van der Waals surface area contributed by atoms with E-state index >= 15 is 0 Å². The molecule has 0 aromatic rings. The summed E-state index contributed by atoms with van der Waals surface area (Å²) in [6, 6.07) is 0.761. The molecule has 0 spiro atoms. The van der Waals surface area contributed by atoms with Crippen molar-refractivity contribution in [2.24, 2.45) is 11.8 Å². The molecule has 0 fully saturated rings. The van der Waals surface area contributed by atoms with Gasteiger partial charge < -0.3 is 21.3 Å². The summed E-state index contributed by atoms with van der Waals surface area (Å²) in [6.07, 6.45) is 2.62. The number of carbonyl (C=O) groups excluding carboxylic acids is 3. The first-order valence-electron chi connectivity index (χ1n) is 11.2. The SMILES string of the molecule is CC(C)NCCNC(=O)CCC(CCCC(=O)C(C)C)C(=O)NCCNC(C)C. The third-order valence-corrected chi connectivity index (χ3v) is 4.69. The highest BCUT2D eigenvalue weighted by atomic mass is 16.2. The molecular formula is C22H44N4O3. The van der Waals surface area contributed by atoms with Gasteiger partial charge >= 0.3 is 0 Å². The van der Waals surface area contributed by atoms with Crippen molar-refractivity contribution in [3.05, 3.63) is 0 Å². The lowest BCUT2D eigenvalue weighted by Gasteiger charge is -2.18. The molecule has 2 amide bonds. The summed E-state index contributed by atoms with van der Waals surface area (Å²) in [7, 11) is 0. The number of rotatable bonds is 17. The van der Waals surface area contributed by atoms with E-state index in [4.69, 9.17) is 0 Å². The summed E-state index contributed by atoms with van der Waals surface area (Å²) >= 11 is 0. The highest BCUT2D eigenvalue weighted by Gasteiger charge is 2.20. The lowest BCUT2D eigenvalue weighted by atomic mass is 9.93. The summed E-state index contributed by atoms with van der Waals surface area (Å²) in [6.45, 7) is 14.6. The summed E-state index contributed by atoms with van der Waals surface area (Å²) in [5.74, 6) is -0.0567. The fraction of sp³-hybridized carbons (Fsp3) is 0.864. The maximum absolute atomic E-state index is 12.6. The van der Waals surface area contributed by atoms with Gasteiger partial charge in [0.2, 0.25) is 11.8 Å². The van der Waals surface area contributed by atoms with Crippen LogP contribution in [0.1, 0.15) is 73.6 Å². The molecule has 0 aliphatic rings. The summed E-state index contributed by atoms with van der Waals surface area (Å²) in [4.78, 5) is 36.5. The zero-order chi connectivity index (χ0) is 22.2. The van der Waals surface area contributed by atoms with Crippen LogP contribution >= 0.6 is 0 Å². The first kappa shape index (κ1) is 27.5. The maximum Gasteiger partial charge on any atom is 0.223 e. The summed E-state index contributed by atoms with van der Waals surface area (Å²) < 4.78 is 0. The summed E-state index contributed by atoms with van der Waals surface area (Å²) in [5.41, 5.74) is 0. The molecule has 170 valence electrons. The smallest absolute Gasteiger partial charge is 0.223 e. The normalized spacial score (nSPS) is 12.4. The number of hydrogen-bond acceptors (Lipinski definition) is 5. The molecular weight excluding hydrogens is 368 g/mol. The third kappa shape index (κ3) is 16.1. The number of hydrogen-bond donors (Lipinski definition) is 4. The second-order valence-corrected chi connectivity index (χ2v) is 8.61. The van der Waals surface area contributed by atoms with Crippen molar-refractivity contribution in [3.63, 3.8) is 0 Å². The predicted octanol–water partition coefficient (Wildman–Crippen LogP) is 2.01. The lowest BCUT2D eigenvalue weighted by Crippen LogP contribution is -2.38. The van der Waals surface area contributed by atoms with Crippen molar-refractivity contribution in [2.75, 3.05) is 26.2 Å². The van der Waals surface area contributed by atoms with Crippen molar-refractivity contribution in [3.8, 4) is 0 Å². The molecule has 0 saturated heterocycles. The molecule has 0 aliphatic heterocycles. The van der Waals surface area contributed by atoms with E-state index in [-0.39, 0.29) is 29.4 Å². The van der Waals surface area contributed by atoms with Crippen molar-refractivity contribution >= 4 is 17.6 Å². The maximum atomic E-state index is 12.6. The van der Waals surface area contributed by atoms with E-state index in [1.807, 2.05) is 13.8 Å². The molecule has 7 nitrogen and oxygen atoms in total. The van der Waals surface area contributed by atoms with Gasteiger partial charge in [-0.2, -0.15) is 0 Å². The number of nitrogens with one attached hydrogen (secondary N) is 4. The highest BCUT2D eigenvalue weighted by molar-refractivity contribution is 5.81. The molecule has 4 N–H and O–H groups in total. The Morgan fingerprint density at radius 2 is 1.24 bits per heavy atom. The van der Waals surface area contributed by atoms with Crippen molar-refractivity contribution in [1.82, 2.24) is 21.3 Å². The molecule has 0 aromatic carbocycles. The van der Waals surface area contributed by atoms with Crippen molar-refractivity contribution in [1.29, 1.82) is 0 Å². The van der Waals surface area contributed by atoms with Crippen LogP contribution in [-0.2, 0) is 14.4 Å². The van der Waals surface area contributed by atoms with Crippen molar-refractivity contribution in [2.45, 2.75) is 85.7 Å². The minimum atomic E-state index is -0.242. The molecule has 0 aromatic heterocycles. The van der Waals surface area contributed by atoms with Crippen LogP contribution in [-0.4, -0.2) is 55.9 Å². The van der Waals surface area contributed by atoms with Gasteiger partial charge in [0.05, 0.1) is 0 Å². The number of carbonyl (C=O) groups is 3. The Morgan fingerprint density at radius 3 is 1.76 bits per heavy atom. The van der Waals surface area contributed by atoms with E-state index in [0.717, 1.165) is 6.54 Å². The average Bonchev–Trinajstić information content (AvgIpc) is 2.64. The van der Waals surface area contributed by atoms with Gasteiger partial charge in [0.1, 0.15) is 5.78 Å². The highest BCUT2D eigenvalue weighted by Crippen LogP contribution is 2.17. The molecule has 0 aliphatic carbocycles. The topological polar surface area (TPSA) is 99.3 Å². The standard InChI is InChI=1S/C22H44N4O3/c1-16(2)20(27)9-7-8-19(22(29)26-15-13-24-18(5)6)10-11-21(28)25-14-12-23-17(3)4/h16-19,23-24H,7-15H2,1-6H3,(H,25,28)(H,26,29). The fourth-order valence-corrected chi connectivity index (χ4v) is 2.87. The predicted molar refractivity (Wildman–Crippen MR) is 119 cm³/mol. The van der Waals surface area contributed by atoms with E-state index in [1.165, 1.54) is 0 Å². The Bertz CT molecular complexity index is 479. The third-order valence-electron chi connectivity index (χ3n) is 4.69. The Labute approximate surface area is 177 Å². The van der Waals surface area contributed by atoms with Crippen LogP contribution in [0.3, 0.4) is 0 Å². The van der Waals surface area contributed by atoms with Gasteiger partial charge in [-0.05, 0) is 19.3 Å². The minimum Gasteiger partial charge on any atom is -0.355 e. The van der Waals surface area contributed by atoms with Gasteiger partial charge in [-0.1, -0.05) is 41.5 Å². The van der Waals surface area contributed by atoms with Gasteiger partial charge in [0.15, 0.2) is 0 Å². The molecule has 0 saturated carbocycles. The van der Waals surface area contributed by atoms with Gasteiger partial charge in [-0.15, -0.1) is 0 Å². The van der Waals surface area contributed by atoms with E-state index < -0.39 is 0 Å². The lowest BCUT2D eigenvalue weighted by molar-refractivity contribution is -0.127. The van der Waals surface area contributed by atoms with Crippen LogP contribution in [0.15, 0.2) is 0 Å². The second kappa shape index (κ2) is 16.3. The van der Waals surface area contributed by atoms with Gasteiger partial charge in [0.25, 0.3) is 0 Å². The average molecular weight is 413 g/mol. The first-order valence-corrected chi connectivity index (χ1v) is 11.2. The van der Waals surface area contributed by atoms with Crippen LogP contribution in [0.25, 0.3) is 0 Å². The second-order valence-electron chi connectivity index (χ2n) is 8.61. The Balaban J connectivity index is 4.43. The zero-order valence-electron chi connectivity index (χ0n) is 19.4. The molecule has 29 heavy (non-hydrogen) atoms. The minimum absolute atomic E-state index is 0.0228.